The lowest BCUT2D eigenvalue weighted by Crippen LogP contribution is -2.30. The Labute approximate surface area is 122 Å². The van der Waals surface area contributed by atoms with Gasteiger partial charge in [-0.05, 0) is 33.6 Å². The van der Waals surface area contributed by atoms with Crippen molar-refractivity contribution in [2.75, 3.05) is 0 Å². The minimum Gasteiger partial charge on any atom is -0.271 e. The first-order chi connectivity index (χ1) is 9.06. The molecule has 2 aromatic rings. The molecule has 0 aromatic heterocycles. The second-order valence-corrected chi connectivity index (χ2v) is 5.12. The molecule has 0 aliphatic heterocycles. The van der Waals surface area contributed by atoms with Gasteiger partial charge in [-0.3, -0.25) is 5.84 Å². The number of benzene rings is 2. The van der Waals surface area contributed by atoms with Crippen LogP contribution in [-0.4, -0.2) is 0 Å². The number of hydrogen-bond donors (Lipinski definition) is 2. The molecule has 2 nitrogen and oxygen atoms in total. The fourth-order valence-electron chi connectivity index (χ4n) is 1.83. The van der Waals surface area contributed by atoms with E-state index in [1.807, 2.05) is 0 Å². The van der Waals surface area contributed by atoms with E-state index in [9.17, 15) is 8.78 Å². The number of hydrazine groups is 1. The Kier molecular flexibility index (Phi) is 4.52. The lowest BCUT2D eigenvalue weighted by Gasteiger charge is -2.19. The van der Waals surface area contributed by atoms with Crippen LogP contribution < -0.4 is 11.3 Å². The molecule has 2 aromatic carbocycles. The molecular formula is C13H10BrClF2N2. The summed E-state index contributed by atoms with van der Waals surface area (Å²) in [5.74, 6) is 4.42. The summed E-state index contributed by atoms with van der Waals surface area (Å²) in [6, 6.07) is 8.38. The molecule has 0 saturated carbocycles. The molecule has 0 spiro atoms. The van der Waals surface area contributed by atoms with E-state index in [1.54, 1.807) is 24.3 Å². The second-order valence-electron chi connectivity index (χ2n) is 3.89. The van der Waals surface area contributed by atoms with Crippen molar-refractivity contribution >= 4 is 27.5 Å². The Bertz CT molecular complexity index is 556. The molecule has 1 unspecified atom stereocenters. The largest absolute Gasteiger partial charge is 0.271 e. The monoisotopic (exact) mass is 346 g/mol. The maximum absolute atomic E-state index is 14.1. The number of nitrogens with two attached hydrogens (primary N) is 1. The SMILES string of the molecule is NNC(c1cccc(Br)c1F)c1cccc(F)c1Cl. The van der Waals surface area contributed by atoms with E-state index in [-0.39, 0.29) is 10.6 Å². The highest BCUT2D eigenvalue weighted by Gasteiger charge is 2.21. The molecule has 1 atom stereocenters. The van der Waals surface area contributed by atoms with Gasteiger partial charge in [-0.25, -0.2) is 14.2 Å². The third-order valence-electron chi connectivity index (χ3n) is 2.75. The Balaban J connectivity index is 2.57. The summed E-state index contributed by atoms with van der Waals surface area (Å²) >= 11 is 9.00. The predicted molar refractivity (Wildman–Crippen MR) is 74.7 cm³/mol. The number of hydrogen-bond acceptors (Lipinski definition) is 2. The highest BCUT2D eigenvalue weighted by atomic mass is 79.9. The van der Waals surface area contributed by atoms with Crippen molar-refractivity contribution in [1.82, 2.24) is 5.43 Å². The summed E-state index contributed by atoms with van der Waals surface area (Å²) in [7, 11) is 0. The first kappa shape index (κ1) is 14.4. The van der Waals surface area contributed by atoms with Crippen LogP contribution in [-0.2, 0) is 0 Å². The Morgan fingerprint density at radius 1 is 1.11 bits per heavy atom. The van der Waals surface area contributed by atoms with Gasteiger partial charge in [0.05, 0.1) is 15.5 Å². The van der Waals surface area contributed by atoms with Crippen molar-refractivity contribution < 1.29 is 8.78 Å². The van der Waals surface area contributed by atoms with Gasteiger partial charge in [-0.15, -0.1) is 0 Å². The summed E-state index contributed by atoms with van der Waals surface area (Å²) in [6.45, 7) is 0. The van der Waals surface area contributed by atoms with Crippen LogP contribution in [0.3, 0.4) is 0 Å². The number of nitrogens with one attached hydrogen (secondary N) is 1. The van der Waals surface area contributed by atoms with E-state index in [2.05, 4.69) is 21.4 Å². The Morgan fingerprint density at radius 3 is 2.42 bits per heavy atom. The van der Waals surface area contributed by atoms with Crippen LogP contribution in [0.2, 0.25) is 5.02 Å². The van der Waals surface area contributed by atoms with Gasteiger partial charge in [0, 0.05) is 5.56 Å². The summed E-state index contributed by atoms with van der Waals surface area (Å²) in [4.78, 5) is 0. The van der Waals surface area contributed by atoms with Crippen LogP contribution in [0.5, 0.6) is 0 Å². The molecule has 100 valence electrons. The fourth-order valence-corrected chi connectivity index (χ4v) is 2.45. The normalized spacial score (nSPS) is 12.5. The zero-order chi connectivity index (χ0) is 14.0. The third-order valence-corrected chi connectivity index (χ3v) is 3.76. The first-order valence-electron chi connectivity index (χ1n) is 5.40. The van der Waals surface area contributed by atoms with Crippen LogP contribution in [0.1, 0.15) is 17.2 Å². The van der Waals surface area contributed by atoms with Gasteiger partial charge >= 0.3 is 0 Å². The number of rotatable bonds is 3. The van der Waals surface area contributed by atoms with Crippen LogP contribution >= 0.6 is 27.5 Å². The van der Waals surface area contributed by atoms with Gasteiger partial charge in [0.15, 0.2) is 0 Å². The van der Waals surface area contributed by atoms with Crippen molar-refractivity contribution in [1.29, 1.82) is 0 Å². The van der Waals surface area contributed by atoms with Crippen molar-refractivity contribution in [3.05, 3.63) is 68.7 Å². The maximum atomic E-state index is 14.1. The Hall–Kier alpha value is -1.01. The molecule has 0 fully saturated rings. The summed E-state index contributed by atoms with van der Waals surface area (Å²) < 4.78 is 27.8. The quantitative estimate of drug-likeness (QED) is 0.652. The molecule has 0 amide bonds. The third kappa shape index (κ3) is 2.79. The van der Waals surface area contributed by atoms with Crippen LogP contribution in [0.25, 0.3) is 0 Å². The van der Waals surface area contributed by atoms with E-state index in [0.29, 0.717) is 10.0 Å². The molecular weight excluding hydrogens is 338 g/mol. The minimum absolute atomic E-state index is 0.0789. The summed E-state index contributed by atoms with van der Waals surface area (Å²) in [6.07, 6.45) is 0. The average Bonchev–Trinajstić information content (AvgIpc) is 2.40. The van der Waals surface area contributed by atoms with Crippen molar-refractivity contribution in [3.8, 4) is 0 Å². The highest BCUT2D eigenvalue weighted by molar-refractivity contribution is 9.10. The number of halogens is 4. The van der Waals surface area contributed by atoms with E-state index < -0.39 is 17.7 Å². The maximum Gasteiger partial charge on any atom is 0.142 e. The van der Waals surface area contributed by atoms with Gasteiger partial charge in [0.25, 0.3) is 0 Å². The smallest absolute Gasteiger partial charge is 0.142 e. The molecule has 0 heterocycles. The fraction of sp³-hybridized carbons (Fsp3) is 0.0769. The van der Waals surface area contributed by atoms with Crippen LogP contribution in [0.15, 0.2) is 40.9 Å². The second kappa shape index (κ2) is 5.96. The van der Waals surface area contributed by atoms with E-state index in [0.717, 1.165) is 0 Å². The van der Waals surface area contributed by atoms with E-state index in [1.165, 1.54) is 12.1 Å². The molecule has 0 saturated heterocycles. The van der Waals surface area contributed by atoms with E-state index in [4.69, 9.17) is 17.4 Å². The van der Waals surface area contributed by atoms with Crippen molar-refractivity contribution in [2.24, 2.45) is 5.84 Å². The molecule has 3 N–H and O–H groups in total. The van der Waals surface area contributed by atoms with Gasteiger partial charge in [-0.1, -0.05) is 35.9 Å². The van der Waals surface area contributed by atoms with Crippen LogP contribution in [0, 0.1) is 11.6 Å². The first-order valence-corrected chi connectivity index (χ1v) is 6.57. The van der Waals surface area contributed by atoms with Crippen LogP contribution in [0.4, 0.5) is 8.78 Å². The van der Waals surface area contributed by atoms with Gasteiger partial charge < -0.3 is 0 Å². The lowest BCUT2D eigenvalue weighted by atomic mass is 9.98. The van der Waals surface area contributed by atoms with Gasteiger partial charge in [-0.2, -0.15) is 0 Å². The summed E-state index contributed by atoms with van der Waals surface area (Å²) in [5.41, 5.74) is 3.12. The summed E-state index contributed by atoms with van der Waals surface area (Å²) in [5, 5.41) is -0.0789. The Morgan fingerprint density at radius 2 is 1.74 bits per heavy atom. The highest BCUT2D eigenvalue weighted by Crippen LogP contribution is 2.32. The van der Waals surface area contributed by atoms with Crippen molar-refractivity contribution in [3.63, 3.8) is 0 Å². The zero-order valence-corrected chi connectivity index (χ0v) is 12.0. The molecule has 19 heavy (non-hydrogen) atoms. The zero-order valence-electron chi connectivity index (χ0n) is 9.63. The molecule has 2 rings (SSSR count). The molecule has 0 bridgehead atoms. The molecule has 6 heteroatoms. The van der Waals surface area contributed by atoms with Gasteiger partial charge in [0.2, 0.25) is 0 Å². The van der Waals surface area contributed by atoms with Gasteiger partial charge in [0.1, 0.15) is 11.6 Å². The van der Waals surface area contributed by atoms with E-state index >= 15 is 0 Å². The molecule has 0 aliphatic carbocycles. The van der Waals surface area contributed by atoms with Crippen molar-refractivity contribution in [2.45, 2.75) is 6.04 Å². The minimum atomic E-state index is -0.735. The molecule has 0 aliphatic rings. The lowest BCUT2D eigenvalue weighted by molar-refractivity contribution is 0.552. The standard InChI is InChI=1S/C13H10BrClF2N2/c14-9-5-1-4-8(12(9)17)13(19-18)7-3-2-6-10(16)11(7)15/h1-6,13,19H,18H2. The molecule has 0 radical (unpaired) electrons. The predicted octanol–water partition coefficient (Wildman–Crippen LogP) is 3.93. The topological polar surface area (TPSA) is 38.0 Å². The average molecular weight is 348 g/mol.